The minimum absolute atomic E-state index is 0.204. The topological polar surface area (TPSA) is 46.5 Å². The number of hydrogen-bond donors (Lipinski definition) is 1. The molecule has 0 bridgehead atoms. The van der Waals surface area contributed by atoms with E-state index in [4.69, 9.17) is 4.74 Å². The lowest BCUT2D eigenvalue weighted by Crippen LogP contribution is -2.24. The lowest BCUT2D eigenvalue weighted by molar-refractivity contribution is -0.143. The molecule has 0 saturated carbocycles. The zero-order valence-corrected chi connectivity index (χ0v) is 16.1. The van der Waals surface area contributed by atoms with E-state index in [1.807, 2.05) is 0 Å². The number of cyclic esters (lactones) is 1. The third-order valence-corrected chi connectivity index (χ3v) is 5.37. The first kappa shape index (κ1) is 21.5. The second-order valence-corrected chi connectivity index (χ2v) is 7.62. The van der Waals surface area contributed by atoms with Crippen LogP contribution in [-0.2, 0) is 9.53 Å². The Morgan fingerprint density at radius 2 is 1.21 bits per heavy atom. The van der Waals surface area contributed by atoms with Gasteiger partial charge in [0.25, 0.3) is 0 Å². The summed E-state index contributed by atoms with van der Waals surface area (Å²) >= 11 is 0. The van der Waals surface area contributed by atoms with E-state index < -0.39 is 6.10 Å². The minimum atomic E-state index is -0.598. The summed E-state index contributed by atoms with van der Waals surface area (Å²) < 4.78 is 5.07. The van der Waals surface area contributed by atoms with Crippen LogP contribution < -0.4 is 0 Å². The lowest BCUT2D eigenvalue weighted by Gasteiger charge is -2.11. The molecule has 1 fully saturated rings. The third-order valence-electron chi connectivity index (χ3n) is 5.37. The molecule has 1 aliphatic heterocycles. The van der Waals surface area contributed by atoms with Gasteiger partial charge in [0.05, 0.1) is 5.92 Å². The van der Waals surface area contributed by atoms with Gasteiger partial charge in [-0.25, -0.2) is 0 Å². The Morgan fingerprint density at radius 1 is 0.792 bits per heavy atom. The van der Waals surface area contributed by atoms with E-state index in [0.717, 1.165) is 12.8 Å². The molecule has 1 rings (SSSR count). The van der Waals surface area contributed by atoms with E-state index in [2.05, 4.69) is 6.92 Å². The van der Waals surface area contributed by atoms with Crippen LogP contribution in [0, 0.1) is 5.92 Å². The van der Waals surface area contributed by atoms with Gasteiger partial charge >= 0.3 is 5.97 Å². The number of unbranched alkanes of at least 4 members (excludes halogenated alkanes) is 13. The maximum Gasteiger partial charge on any atom is 0.312 e. The summed E-state index contributed by atoms with van der Waals surface area (Å²) in [6, 6.07) is 0. The van der Waals surface area contributed by atoms with Gasteiger partial charge in [-0.1, -0.05) is 96.8 Å². The van der Waals surface area contributed by atoms with Crippen LogP contribution in [0.1, 0.15) is 110 Å². The van der Waals surface area contributed by atoms with Crippen molar-refractivity contribution in [3.63, 3.8) is 0 Å². The number of esters is 1. The number of carbonyl (C=O) groups is 1. The lowest BCUT2D eigenvalue weighted by atomic mass is 9.95. The highest BCUT2D eigenvalue weighted by Gasteiger charge is 2.40. The van der Waals surface area contributed by atoms with E-state index in [0.29, 0.717) is 0 Å². The highest BCUT2D eigenvalue weighted by Crippen LogP contribution is 2.26. The smallest absolute Gasteiger partial charge is 0.312 e. The fourth-order valence-corrected chi connectivity index (χ4v) is 3.65. The first-order valence-corrected chi connectivity index (χ1v) is 10.6. The summed E-state index contributed by atoms with van der Waals surface area (Å²) in [4.78, 5) is 11.6. The van der Waals surface area contributed by atoms with Crippen LogP contribution in [0.15, 0.2) is 0 Å². The molecular weight excluding hydrogens is 300 g/mol. The molecular formula is C21H40O3. The van der Waals surface area contributed by atoms with Crippen molar-refractivity contribution in [2.45, 2.75) is 122 Å². The standard InChI is InChI=1S/C21H40O3/c1-3-4-5-6-7-8-9-10-11-12-13-14-15-16-17-19-20(22)18(2)24-21(19)23/h18-20,22H,3-17H2,1-2H3/t18-,19+,20-/m0/s1. The van der Waals surface area contributed by atoms with Crippen molar-refractivity contribution in [1.29, 1.82) is 0 Å². The molecule has 3 heteroatoms. The summed E-state index contributed by atoms with van der Waals surface area (Å²) in [5, 5.41) is 9.89. The van der Waals surface area contributed by atoms with Crippen LogP contribution in [-0.4, -0.2) is 23.3 Å². The predicted octanol–water partition coefficient (Wildman–Crippen LogP) is 5.78. The molecule has 0 unspecified atom stereocenters. The molecule has 3 atom stereocenters. The molecule has 0 aliphatic carbocycles. The molecule has 3 nitrogen and oxygen atoms in total. The Labute approximate surface area is 149 Å². The number of carbonyl (C=O) groups excluding carboxylic acids is 1. The summed E-state index contributed by atoms with van der Waals surface area (Å²) in [7, 11) is 0. The Bertz CT molecular complexity index is 316. The number of rotatable bonds is 15. The van der Waals surface area contributed by atoms with Gasteiger partial charge in [-0.2, -0.15) is 0 Å². The Hall–Kier alpha value is -0.570. The molecule has 1 heterocycles. The third kappa shape index (κ3) is 9.05. The van der Waals surface area contributed by atoms with E-state index in [1.165, 1.54) is 83.5 Å². The minimum Gasteiger partial charge on any atom is -0.460 e. The van der Waals surface area contributed by atoms with Crippen LogP contribution in [0.3, 0.4) is 0 Å². The first-order valence-electron chi connectivity index (χ1n) is 10.6. The van der Waals surface area contributed by atoms with E-state index in [1.54, 1.807) is 6.92 Å². The molecule has 0 amide bonds. The van der Waals surface area contributed by atoms with Crippen LogP contribution >= 0.6 is 0 Å². The molecule has 142 valence electrons. The summed E-state index contributed by atoms with van der Waals surface area (Å²) in [5.74, 6) is -0.484. The van der Waals surface area contributed by atoms with Gasteiger partial charge in [-0.3, -0.25) is 4.79 Å². The molecule has 0 radical (unpaired) electrons. The SMILES string of the molecule is CCCCCCCCCCCCCCCC[C@H]1C(=O)O[C@@H](C)[C@@H]1O. The Kier molecular flexibility index (Phi) is 12.2. The Balaban J connectivity index is 1.80. The average molecular weight is 341 g/mol. The maximum absolute atomic E-state index is 11.6. The molecule has 0 spiro atoms. The second-order valence-electron chi connectivity index (χ2n) is 7.62. The molecule has 1 N–H and O–H groups in total. The largest absolute Gasteiger partial charge is 0.460 e. The molecule has 24 heavy (non-hydrogen) atoms. The van der Waals surface area contributed by atoms with Gasteiger partial charge in [0.15, 0.2) is 0 Å². The van der Waals surface area contributed by atoms with Gasteiger partial charge in [0.1, 0.15) is 12.2 Å². The van der Waals surface area contributed by atoms with Crippen molar-refractivity contribution in [3.05, 3.63) is 0 Å². The van der Waals surface area contributed by atoms with Crippen molar-refractivity contribution in [1.82, 2.24) is 0 Å². The van der Waals surface area contributed by atoms with Crippen molar-refractivity contribution in [2.75, 3.05) is 0 Å². The normalized spacial score (nSPS) is 23.6. The van der Waals surface area contributed by atoms with E-state index in [-0.39, 0.29) is 18.0 Å². The highest BCUT2D eigenvalue weighted by molar-refractivity contribution is 5.75. The van der Waals surface area contributed by atoms with Gasteiger partial charge in [0, 0.05) is 0 Å². The van der Waals surface area contributed by atoms with Crippen molar-refractivity contribution >= 4 is 5.97 Å². The summed E-state index contributed by atoms with van der Waals surface area (Å²) in [6.45, 7) is 4.04. The van der Waals surface area contributed by atoms with Crippen LogP contribution in [0.4, 0.5) is 0 Å². The van der Waals surface area contributed by atoms with Gasteiger partial charge in [-0.15, -0.1) is 0 Å². The van der Waals surface area contributed by atoms with Crippen molar-refractivity contribution in [2.24, 2.45) is 5.92 Å². The number of aliphatic hydroxyl groups excluding tert-OH is 1. The molecule has 0 aromatic rings. The van der Waals surface area contributed by atoms with E-state index in [9.17, 15) is 9.90 Å². The van der Waals surface area contributed by atoms with Crippen LogP contribution in [0.25, 0.3) is 0 Å². The molecule has 0 aromatic heterocycles. The first-order chi connectivity index (χ1) is 11.7. The van der Waals surface area contributed by atoms with Crippen LogP contribution in [0.2, 0.25) is 0 Å². The maximum atomic E-state index is 11.6. The number of ether oxygens (including phenoxy) is 1. The monoisotopic (exact) mass is 340 g/mol. The zero-order valence-electron chi connectivity index (χ0n) is 16.1. The summed E-state index contributed by atoms with van der Waals surface area (Å²) in [6.07, 6.45) is 18.6. The van der Waals surface area contributed by atoms with Gasteiger partial charge in [0.2, 0.25) is 0 Å². The summed E-state index contributed by atoms with van der Waals surface area (Å²) in [5.41, 5.74) is 0. The molecule has 1 saturated heterocycles. The quantitative estimate of drug-likeness (QED) is 0.303. The van der Waals surface area contributed by atoms with E-state index >= 15 is 0 Å². The Morgan fingerprint density at radius 3 is 1.58 bits per heavy atom. The van der Waals surface area contributed by atoms with Crippen LogP contribution in [0.5, 0.6) is 0 Å². The van der Waals surface area contributed by atoms with Gasteiger partial charge in [-0.05, 0) is 13.3 Å². The van der Waals surface area contributed by atoms with Gasteiger partial charge < -0.3 is 9.84 Å². The predicted molar refractivity (Wildman–Crippen MR) is 100.0 cm³/mol. The molecule has 0 aromatic carbocycles. The number of hydrogen-bond acceptors (Lipinski definition) is 3. The van der Waals surface area contributed by atoms with Crippen molar-refractivity contribution in [3.8, 4) is 0 Å². The fraction of sp³-hybridized carbons (Fsp3) is 0.952. The average Bonchev–Trinajstić information content (AvgIpc) is 2.81. The van der Waals surface area contributed by atoms with Crippen molar-refractivity contribution < 1.29 is 14.6 Å². The highest BCUT2D eigenvalue weighted by atomic mass is 16.6. The zero-order chi connectivity index (χ0) is 17.6. The number of aliphatic hydroxyl groups is 1. The second kappa shape index (κ2) is 13.7. The molecule has 1 aliphatic rings. The fourth-order valence-electron chi connectivity index (χ4n) is 3.65.